The summed E-state index contributed by atoms with van der Waals surface area (Å²) in [6.07, 6.45) is -2.98. The van der Waals surface area contributed by atoms with Crippen molar-refractivity contribution in [2.75, 3.05) is 31.2 Å². The molecule has 0 aromatic carbocycles. The Balaban J connectivity index is 2.45. The SMILES string of the molecule is CN=C(NCCSCc1nccc(NC(N)=NCC(F)(F)F)n1)C(C#N)C#N. The zero-order valence-electron chi connectivity index (χ0n) is 14.9. The maximum Gasteiger partial charge on any atom is 0.408 e. The zero-order valence-corrected chi connectivity index (χ0v) is 15.7. The lowest BCUT2D eigenvalue weighted by Gasteiger charge is -2.09. The van der Waals surface area contributed by atoms with Crippen LogP contribution in [-0.2, 0) is 5.75 Å². The molecule has 28 heavy (non-hydrogen) atoms. The van der Waals surface area contributed by atoms with E-state index in [0.717, 1.165) is 0 Å². The van der Waals surface area contributed by atoms with Gasteiger partial charge in [0.1, 0.15) is 24.0 Å². The first kappa shape index (κ1) is 23.0. The van der Waals surface area contributed by atoms with Gasteiger partial charge in [-0.05, 0) is 6.07 Å². The molecule has 1 rings (SSSR count). The van der Waals surface area contributed by atoms with Crippen molar-refractivity contribution in [3.05, 3.63) is 18.1 Å². The lowest BCUT2D eigenvalue weighted by atomic mass is 10.2. The van der Waals surface area contributed by atoms with E-state index >= 15 is 0 Å². The van der Waals surface area contributed by atoms with Gasteiger partial charge in [0.15, 0.2) is 11.9 Å². The monoisotopic (exact) mass is 413 g/mol. The number of halogens is 3. The number of thioether (sulfide) groups is 1. The third kappa shape index (κ3) is 9.05. The van der Waals surface area contributed by atoms with Crippen molar-refractivity contribution in [2.45, 2.75) is 11.9 Å². The van der Waals surface area contributed by atoms with E-state index in [1.807, 2.05) is 12.1 Å². The second kappa shape index (κ2) is 11.6. The standard InChI is InChI=1S/C15H18F3N9S/c1-22-13(10(6-19)7-20)24-4-5-28-8-12-23-3-2-11(26-12)27-14(21)25-9-15(16,17)18/h2-3,10H,4-5,8-9H2,1H3,(H,22,24)(H3,21,23,25,26,27). The first-order valence-electron chi connectivity index (χ1n) is 7.82. The topological polar surface area (TPSA) is 148 Å². The highest BCUT2D eigenvalue weighted by Gasteiger charge is 2.26. The number of anilines is 1. The Bertz CT molecular complexity index is 766. The van der Waals surface area contributed by atoms with E-state index in [1.54, 1.807) is 0 Å². The Hall–Kier alpha value is -3.06. The lowest BCUT2D eigenvalue weighted by Crippen LogP contribution is -2.31. The summed E-state index contributed by atoms with van der Waals surface area (Å²) in [6, 6.07) is 5.13. The van der Waals surface area contributed by atoms with Crippen molar-refractivity contribution in [1.82, 2.24) is 15.3 Å². The quantitative estimate of drug-likeness (QED) is 0.328. The van der Waals surface area contributed by atoms with Crippen LogP contribution in [0.5, 0.6) is 0 Å². The van der Waals surface area contributed by atoms with E-state index in [9.17, 15) is 13.2 Å². The van der Waals surface area contributed by atoms with Crippen molar-refractivity contribution in [3.8, 4) is 12.1 Å². The number of amidine groups is 1. The van der Waals surface area contributed by atoms with E-state index in [1.165, 1.54) is 31.1 Å². The molecule has 0 saturated heterocycles. The number of aromatic nitrogens is 2. The molecule has 1 heterocycles. The van der Waals surface area contributed by atoms with Crippen LogP contribution >= 0.6 is 11.8 Å². The van der Waals surface area contributed by atoms with Crippen molar-refractivity contribution >= 4 is 29.4 Å². The van der Waals surface area contributed by atoms with Gasteiger partial charge >= 0.3 is 6.18 Å². The van der Waals surface area contributed by atoms with Crippen LogP contribution in [0.1, 0.15) is 5.82 Å². The highest BCUT2D eigenvalue weighted by molar-refractivity contribution is 7.98. The fourth-order valence-electron chi connectivity index (χ4n) is 1.76. The Labute approximate surface area is 164 Å². The van der Waals surface area contributed by atoms with Crippen molar-refractivity contribution in [3.63, 3.8) is 0 Å². The molecule has 150 valence electrons. The van der Waals surface area contributed by atoms with Crippen molar-refractivity contribution < 1.29 is 13.2 Å². The van der Waals surface area contributed by atoms with Crippen LogP contribution in [-0.4, -0.2) is 53.8 Å². The van der Waals surface area contributed by atoms with Gasteiger partial charge in [0, 0.05) is 25.5 Å². The number of hydrogen-bond acceptors (Lipinski definition) is 7. The minimum Gasteiger partial charge on any atom is -0.371 e. The van der Waals surface area contributed by atoms with Gasteiger partial charge in [-0.2, -0.15) is 35.5 Å². The second-order valence-corrected chi connectivity index (χ2v) is 6.18. The smallest absolute Gasteiger partial charge is 0.371 e. The molecular formula is C15H18F3N9S. The minimum absolute atomic E-state index is 0.235. The molecule has 4 N–H and O–H groups in total. The molecule has 0 bridgehead atoms. The van der Waals surface area contributed by atoms with E-state index in [-0.39, 0.29) is 5.82 Å². The third-order valence-corrected chi connectivity index (χ3v) is 3.90. The Morgan fingerprint density at radius 2 is 2.11 bits per heavy atom. The van der Waals surface area contributed by atoms with Crippen LogP contribution in [0.25, 0.3) is 0 Å². The first-order chi connectivity index (χ1) is 13.3. The summed E-state index contributed by atoms with van der Waals surface area (Å²) in [5.74, 6) is 0.726. The predicted molar refractivity (Wildman–Crippen MR) is 100 cm³/mol. The molecule has 0 unspecified atom stereocenters. The number of nitriles is 2. The molecule has 13 heteroatoms. The molecule has 0 aliphatic carbocycles. The van der Waals surface area contributed by atoms with Gasteiger partial charge in [0.05, 0.1) is 17.9 Å². The minimum atomic E-state index is -4.43. The van der Waals surface area contributed by atoms with Crippen LogP contribution < -0.4 is 16.4 Å². The number of rotatable bonds is 8. The zero-order chi connectivity index (χ0) is 21.0. The lowest BCUT2D eigenvalue weighted by molar-refractivity contribution is -0.118. The summed E-state index contributed by atoms with van der Waals surface area (Å²) in [5, 5.41) is 23.1. The van der Waals surface area contributed by atoms with Crippen LogP contribution in [0.4, 0.5) is 19.0 Å². The maximum absolute atomic E-state index is 12.1. The molecular weight excluding hydrogens is 395 g/mol. The van der Waals surface area contributed by atoms with Gasteiger partial charge in [0.2, 0.25) is 0 Å². The normalized spacial score (nSPS) is 12.4. The molecule has 0 aliphatic rings. The summed E-state index contributed by atoms with van der Waals surface area (Å²) in [5.41, 5.74) is 5.40. The van der Waals surface area contributed by atoms with E-state index in [4.69, 9.17) is 16.3 Å². The summed E-state index contributed by atoms with van der Waals surface area (Å²) >= 11 is 1.48. The number of alkyl halides is 3. The van der Waals surface area contributed by atoms with Gasteiger partial charge in [-0.3, -0.25) is 4.99 Å². The number of aliphatic imine (C=N–C) groups is 2. The average molecular weight is 413 g/mol. The van der Waals surface area contributed by atoms with E-state index in [0.29, 0.717) is 29.7 Å². The fraction of sp³-hybridized carbons (Fsp3) is 0.467. The molecule has 0 aliphatic heterocycles. The number of hydrogen-bond donors (Lipinski definition) is 3. The molecule has 0 atom stereocenters. The molecule has 0 saturated carbocycles. The van der Waals surface area contributed by atoms with Gasteiger partial charge in [0.25, 0.3) is 0 Å². The van der Waals surface area contributed by atoms with E-state index in [2.05, 4.69) is 30.6 Å². The largest absolute Gasteiger partial charge is 0.408 e. The summed E-state index contributed by atoms with van der Waals surface area (Å²) in [7, 11) is 1.49. The second-order valence-electron chi connectivity index (χ2n) is 5.08. The van der Waals surface area contributed by atoms with Gasteiger partial charge < -0.3 is 16.4 Å². The molecule has 0 spiro atoms. The first-order valence-corrected chi connectivity index (χ1v) is 8.97. The van der Waals surface area contributed by atoms with Crippen LogP contribution in [0.15, 0.2) is 22.2 Å². The highest BCUT2D eigenvalue weighted by atomic mass is 32.2. The van der Waals surface area contributed by atoms with Gasteiger partial charge in [-0.15, -0.1) is 0 Å². The third-order valence-electron chi connectivity index (χ3n) is 2.95. The molecule has 0 amide bonds. The molecule has 1 aromatic heterocycles. The van der Waals surface area contributed by atoms with Gasteiger partial charge in [-0.25, -0.2) is 15.0 Å². The van der Waals surface area contributed by atoms with Gasteiger partial charge in [-0.1, -0.05) is 0 Å². The Kier molecular flexibility index (Phi) is 9.53. The fourth-order valence-corrected chi connectivity index (χ4v) is 2.47. The molecule has 0 fully saturated rings. The summed E-state index contributed by atoms with van der Waals surface area (Å²) in [4.78, 5) is 15.3. The van der Waals surface area contributed by atoms with E-state index < -0.39 is 24.6 Å². The molecule has 1 aromatic rings. The predicted octanol–water partition coefficient (Wildman–Crippen LogP) is 1.28. The van der Waals surface area contributed by atoms with Crippen LogP contribution in [0.3, 0.4) is 0 Å². The number of guanidine groups is 1. The number of nitrogens with zero attached hydrogens (tertiary/aromatic N) is 6. The molecule has 9 nitrogen and oxygen atoms in total. The number of nitrogens with two attached hydrogens (primary N) is 1. The average Bonchev–Trinajstić information content (AvgIpc) is 2.65. The Morgan fingerprint density at radius 3 is 2.71 bits per heavy atom. The van der Waals surface area contributed by atoms with Crippen molar-refractivity contribution in [1.29, 1.82) is 10.5 Å². The van der Waals surface area contributed by atoms with Crippen LogP contribution in [0.2, 0.25) is 0 Å². The Morgan fingerprint density at radius 1 is 1.39 bits per heavy atom. The number of nitrogens with one attached hydrogen (secondary N) is 2. The van der Waals surface area contributed by atoms with Crippen LogP contribution in [0, 0.1) is 28.6 Å². The maximum atomic E-state index is 12.1. The summed E-state index contributed by atoms with van der Waals surface area (Å²) in [6.45, 7) is -0.902. The summed E-state index contributed by atoms with van der Waals surface area (Å²) < 4.78 is 36.3. The molecule has 0 radical (unpaired) electrons. The van der Waals surface area contributed by atoms with Crippen molar-refractivity contribution in [2.24, 2.45) is 21.6 Å². The highest BCUT2D eigenvalue weighted by Crippen LogP contribution is 2.14.